The maximum atomic E-state index is 5.91. The lowest BCUT2D eigenvalue weighted by Crippen LogP contribution is -1.85. The van der Waals surface area contributed by atoms with E-state index in [1.54, 1.807) is 0 Å². The molecular formula is C14H16ClN. The Labute approximate surface area is 102 Å². The molecule has 0 unspecified atom stereocenters. The van der Waals surface area contributed by atoms with Crippen molar-refractivity contribution in [3.05, 3.63) is 53.2 Å². The molecule has 0 fully saturated rings. The number of hydrogen-bond acceptors (Lipinski definition) is 1. The summed E-state index contributed by atoms with van der Waals surface area (Å²) in [6.07, 6.45) is 0. The monoisotopic (exact) mass is 233 g/mol. The molecule has 1 heterocycles. The van der Waals surface area contributed by atoms with Crippen molar-refractivity contribution in [1.29, 1.82) is 0 Å². The van der Waals surface area contributed by atoms with Crippen LogP contribution in [0.25, 0.3) is 11.3 Å². The van der Waals surface area contributed by atoms with Gasteiger partial charge in [0.25, 0.3) is 0 Å². The Bertz CT molecular complexity index is 408. The Morgan fingerprint density at radius 2 is 1.69 bits per heavy atom. The Kier molecular flexibility index (Phi) is 5.00. The first-order valence-electron chi connectivity index (χ1n) is 5.45. The molecule has 0 saturated carbocycles. The fourth-order valence-corrected chi connectivity index (χ4v) is 1.54. The first-order chi connectivity index (χ1) is 7.75. The number of pyridine rings is 1. The molecular weight excluding hydrogens is 218 g/mol. The summed E-state index contributed by atoms with van der Waals surface area (Å²) in [6.45, 7) is 5.98. The van der Waals surface area contributed by atoms with Crippen LogP contribution < -0.4 is 0 Å². The van der Waals surface area contributed by atoms with Crippen molar-refractivity contribution >= 4 is 11.6 Å². The summed E-state index contributed by atoms with van der Waals surface area (Å²) in [5.74, 6) is 0. The summed E-state index contributed by atoms with van der Waals surface area (Å²) in [7, 11) is 0. The van der Waals surface area contributed by atoms with E-state index in [-0.39, 0.29) is 0 Å². The standard InChI is InChI=1S/C12H10ClN.C2H6/c1-9-4-2-7-12(14-9)10-5-3-6-11(13)8-10;1-2/h2-8H,1H3;1-2H3. The zero-order valence-electron chi connectivity index (χ0n) is 9.87. The van der Waals surface area contributed by atoms with Crippen molar-refractivity contribution in [2.24, 2.45) is 0 Å². The molecule has 1 nitrogen and oxygen atoms in total. The average Bonchev–Trinajstić information content (AvgIpc) is 2.32. The molecule has 0 amide bonds. The maximum Gasteiger partial charge on any atom is 0.0705 e. The highest BCUT2D eigenvalue weighted by Gasteiger charge is 1.99. The van der Waals surface area contributed by atoms with Crippen LogP contribution in [0.15, 0.2) is 42.5 Å². The molecule has 16 heavy (non-hydrogen) atoms. The molecule has 0 N–H and O–H groups in total. The molecule has 0 aliphatic rings. The highest BCUT2D eigenvalue weighted by Crippen LogP contribution is 2.20. The number of rotatable bonds is 1. The SMILES string of the molecule is CC.Cc1cccc(-c2cccc(Cl)c2)n1. The van der Waals surface area contributed by atoms with Crippen molar-refractivity contribution in [2.75, 3.05) is 0 Å². The number of aryl methyl sites for hydroxylation is 1. The van der Waals surface area contributed by atoms with Crippen molar-refractivity contribution in [2.45, 2.75) is 20.8 Å². The fraction of sp³-hybridized carbons (Fsp3) is 0.214. The second kappa shape index (κ2) is 6.29. The van der Waals surface area contributed by atoms with E-state index in [2.05, 4.69) is 4.98 Å². The summed E-state index contributed by atoms with van der Waals surface area (Å²) in [5, 5.41) is 0.741. The van der Waals surface area contributed by atoms with Gasteiger partial charge >= 0.3 is 0 Å². The van der Waals surface area contributed by atoms with Gasteiger partial charge in [-0.05, 0) is 31.2 Å². The van der Waals surface area contributed by atoms with E-state index < -0.39 is 0 Å². The van der Waals surface area contributed by atoms with Crippen molar-refractivity contribution in [3.8, 4) is 11.3 Å². The van der Waals surface area contributed by atoms with Gasteiger partial charge in [-0.3, -0.25) is 4.98 Å². The second-order valence-corrected chi connectivity index (χ2v) is 3.61. The molecule has 2 heteroatoms. The Morgan fingerprint density at radius 1 is 1.00 bits per heavy atom. The van der Waals surface area contributed by atoms with Gasteiger partial charge in [0.15, 0.2) is 0 Å². The predicted molar refractivity (Wildman–Crippen MR) is 70.8 cm³/mol. The number of halogens is 1. The highest BCUT2D eigenvalue weighted by atomic mass is 35.5. The first kappa shape index (κ1) is 12.7. The molecule has 2 aromatic rings. The third kappa shape index (κ3) is 3.35. The van der Waals surface area contributed by atoms with Crippen LogP contribution >= 0.6 is 11.6 Å². The molecule has 84 valence electrons. The summed E-state index contributed by atoms with van der Waals surface area (Å²) >= 11 is 5.91. The van der Waals surface area contributed by atoms with E-state index in [4.69, 9.17) is 11.6 Å². The van der Waals surface area contributed by atoms with Crippen LogP contribution in [0.2, 0.25) is 5.02 Å². The summed E-state index contributed by atoms with van der Waals surface area (Å²) < 4.78 is 0. The molecule has 0 bridgehead atoms. The summed E-state index contributed by atoms with van der Waals surface area (Å²) in [5.41, 5.74) is 3.04. The van der Waals surface area contributed by atoms with E-state index in [0.29, 0.717) is 0 Å². The largest absolute Gasteiger partial charge is 0.253 e. The summed E-state index contributed by atoms with van der Waals surface area (Å²) in [4.78, 5) is 4.43. The van der Waals surface area contributed by atoms with Crippen LogP contribution in [-0.4, -0.2) is 4.98 Å². The highest BCUT2D eigenvalue weighted by molar-refractivity contribution is 6.30. The van der Waals surface area contributed by atoms with Gasteiger partial charge in [0, 0.05) is 16.3 Å². The first-order valence-corrected chi connectivity index (χ1v) is 5.83. The van der Waals surface area contributed by atoms with Gasteiger partial charge < -0.3 is 0 Å². The Balaban J connectivity index is 0.000000606. The number of hydrogen-bond donors (Lipinski definition) is 0. The van der Waals surface area contributed by atoms with Gasteiger partial charge in [-0.2, -0.15) is 0 Å². The smallest absolute Gasteiger partial charge is 0.0705 e. The van der Waals surface area contributed by atoms with E-state index in [0.717, 1.165) is 22.0 Å². The van der Waals surface area contributed by atoms with Gasteiger partial charge in [0.05, 0.1) is 5.69 Å². The topological polar surface area (TPSA) is 12.9 Å². The number of benzene rings is 1. The molecule has 0 aliphatic carbocycles. The molecule has 0 saturated heterocycles. The Morgan fingerprint density at radius 3 is 2.31 bits per heavy atom. The van der Waals surface area contributed by atoms with Gasteiger partial charge in [-0.1, -0.05) is 43.6 Å². The molecule has 2 rings (SSSR count). The molecule has 0 atom stereocenters. The molecule has 0 aliphatic heterocycles. The van der Waals surface area contributed by atoms with E-state index in [1.807, 2.05) is 63.2 Å². The zero-order valence-corrected chi connectivity index (χ0v) is 10.6. The minimum atomic E-state index is 0.741. The van der Waals surface area contributed by atoms with Crippen LogP contribution in [0.1, 0.15) is 19.5 Å². The van der Waals surface area contributed by atoms with Crippen LogP contribution in [0.3, 0.4) is 0 Å². The van der Waals surface area contributed by atoms with Gasteiger partial charge in [-0.25, -0.2) is 0 Å². The van der Waals surface area contributed by atoms with E-state index in [1.165, 1.54) is 0 Å². The average molecular weight is 234 g/mol. The quantitative estimate of drug-likeness (QED) is 0.694. The third-order valence-electron chi connectivity index (χ3n) is 2.01. The Hall–Kier alpha value is -1.34. The minimum absolute atomic E-state index is 0.741. The van der Waals surface area contributed by atoms with Crippen LogP contribution in [0, 0.1) is 6.92 Å². The normalized spacial score (nSPS) is 9.25. The van der Waals surface area contributed by atoms with Crippen molar-refractivity contribution in [3.63, 3.8) is 0 Å². The number of aromatic nitrogens is 1. The van der Waals surface area contributed by atoms with Gasteiger partial charge in [0.2, 0.25) is 0 Å². The lowest BCUT2D eigenvalue weighted by molar-refractivity contribution is 1.21. The van der Waals surface area contributed by atoms with Gasteiger partial charge in [0.1, 0.15) is 0 Å². The van der Waals surface area contributed by atoms with Crippen LogP contribution in [-0.2, 0) is 0 Å². The molecule has 0 spiro atoms. The van der Waals surface area contributed by atoms with Crippen molar-refractivity contribution in [1.82, 2.24) is 4.98 Å². The van der Waals surface area contributed by atoms with E-state index in [9.17, 15) is 0 Å². The maximum absolute atomic E-state index is 5.91. The van der Waals surface area contributed by atoms with Crippen molar-refractivity contribution < 1.29 is 0 Å². The molecule has 0 radical (unpaired) electrons. The predicted octanol–water partition coefficient (Wildman–Crippen LogP) is 4.74. The lowest BCUT2D eigenvalue weighted by atomic mass is 10.1. The zero-order chi connectivity index (χ0) is 12.0. The minimum Gasteiger partial charge on any atom is -0.253 e. The third-order valence-corrected chi connectivity index (χ3v) is 2.24. The summed E-state index contributed by atoms with van der Waals surface area (Å²) in [6, 6.07) is 13.7. The number of nitrogens with zero attached hydrogens (tertiary/aromatic N) is 1. The second-order valence-electron chi connectivity index (χ2n) is 3.17. The van der Waals surface area contributed by atoms with E-state index >= 15 is 0 Å². The van der Waals surface area contributed by atoms with Crippen LogP contribution in [0.4, 0.5) is 0 Å². The molecule has 1 aromatic carbocycles. The molecule has 1 aromatic heterocycles. The fourth-order valence-electron chi connectivity index (χ4n) is 1.35. The van der Waals surface area contributed by atoms with Gasteiger partial charge in [-0.15, -0.1) is 0 Å². The van der Waals surface area contributed by atoms with Crippen LogP contribution in [0.5, 0.6) is 0 Å². The lowest BCUT2D eigenvalue weighted by Gasteiger charge is -2.01.